The van der Waals surface area contributed by atoms with Gasteiger partial charge in [0, 0.05) is 22.2 Å². The highest BCUT2D eigenvalue weighted by atomic mass is 32.1. The Morgan fingerprint density at radius 1 is 1.15 bits per heavy atom. The molecule has 0 bridgehead atoms. The molecule has 2 aromatic heterocycles. The van der Waals surface area contributed by atoms with E-state index in [0.717, 1.165) is 29.0 Å². The summed E-state index contributed by atoms with van der Waals surface area (Å²) in [7, 11) is 0. The number of nitrogens with one attached hydrogen (secondary N) is 2. The number of hydrazone groups is 1. The van der Waals surface area contributed by atoms with Crippen molar-refractivity contribution >= 4 is 40.3 Å². The van der Waals surface area contributed by atoms with Crippen LogP contribution in [0.2, 0.25) is 0 Å². The van der Waals surface area contributed by atoms with E-state index < -0.39 is 17.8 Å². The number of fused-ring (bicyclic) bond motifs is 1. The maximum absolute atomic E-state index is 13.5. The molecule has 0 aliphatic heterocycles. The number of hydrogen-bond acceptors (Lipinski definition) is 7. The maximum atomic E-state index is 13.5. The number of rotatable bonds is 7. The van der Waals surface area contributed by atoms with Gasteiger partial charge in [-0.05, 0) is 74.1 Å². The van der Waals surface area contributed by atoms with Gasteiger partial charge in [-0.2, -0.15) is 10.2 Å². The number of aromatic nitrogens is 2. The van der Waals surface area contributed by atoms with Crippen molar-refractivity contribution in [1.29, 1.82) is 0 Å². The van der Waals surface area contributed by atoms with E-state index in [1.807, 2.05) is 30.3 Å². The Kier molecular flexibility index (Phi) is 8.34. The maximum Gasteiger partial charge on any atom is 0.341 e. The Balaban J connectivity index is 1.34. The monoisotopic (exact) mass is 573 g/mol. The second-order valence-corrected chi connectivity index (χ2v) is 10.8. The number of benzene rings is 2. The van der Waals surface area contributed by atoms with Crippen LogP contribution in [0, 0.1) is 11.7 Å². The van der Waals surface area contributed by atoms with Gasteiger partial charge in [0.2, 0.25) is 0 Å². The van der Waals surface area contributed by atoms with Crippen molar-refractivity contribution in [2.24, 2.45) is 11.0 Å². The van der Waals surface area contributed by atoms with Crippen molar-refractivity contribution in [2.45, 2.75) is 33.1 Å². The van der Waals surface area contributed by atoms with E-state index in [1.165, 1.54) is 29.7 Å². The third-order valence-electron chi connectivity index (χ3n) is 6.68. The van der Waals surface area contributed by atoms with E-state index in [1.54, 1.807) is 29.9 Å². The number of anilines is 1. The van der Waals surface area contributed by atoms with E-state index in [0.29, 0.717) is 39.7 Å². The summed E-state index contributed by atoms with van der Waals surface area (Å²) in [5, 5.41) is 11.5. The predicted molar refractivity (Wildman–Crippen MR) is 155 cm³/mol. The molecule has 1 atom stereocenters. The van der Waals surface area contributed by atoms with Crippen molar-refractivity contribution in [3.05, 3.63) is 88.2 Å². The minimum absolute atomic E-state index is 0.198. The topological polar surface area (TPSA) is 115 Å². The molecule has 9 nitrogen and oxygen atoms in total. The van der Waals surface area contributed by atoms with Gasteiger partial charge < -0.3 is 10.1 Å². The van der Waals surface area contributed by atoms with Crippen LogP contribution in [0.4, 0.5) is 9.39 Å². The zero-order chi connectivity index (χ0) is 28.9. The van der Waals surface area contributed by atoms with Gasteiger partial charge in [-0.15, -0.1) is 11.3 Å². The Morgan fingerprint density at radius 3 is 2.63 bits per heavy atom. The standard InChI is InChI=1S/C30H28FN5O4S/c1-3-40-30(39)25-23-14-9-18(2)15-24(23)41-29(25)33-27(37)28(38)34-32-16-20-17-36(22-7-5-4-6-8-22)35-26(20)19-10-12-21(31)13-11-19/h4-8,10-13,16-18H,3,9,14-15H2,1-2H3,(H,33,37)(H,34,38). The number of para-hydroxylation sites is 1. The van der Waals surface area contributed by atoms with Crippen molar-refractivity contribution in [3.8, 4) is 16.9 Å². The lowest BCUT2D eigenvalue weighted by molar-refractivity contribution is -0.136. The third-order valence-corrected chi connectivity index (χ3v) is 7.84. The summed E-state index contributed by atoms with van der Waals surface area (Å²) in [6, 6.07) is 15.2. The molecule has 0 radical (unpaired) electrons. The number of carbonyl (C=O) groups excluding carboxylic acids is 3. The summed E-state index contributed by atoms with van der Waals surface area (Å²) in [5.74, 6) is -2.40. The highest BCUT2D eigenvalue weighted by Gasteiger charge is 2.30. The molecule has 2 aromatic carbocycles. The number of amides is 2. The molecule has 11 heteroatoms. The van der Waals surface area contributed by atoms with Crippen LogP contribution in [0.25, 0.3) is 16.9 Å². The Morgan fingerprint density at radius 2 is 1.90 bits per heavy atom. The molecule has 0 saturated carbocycles. The van der Waals surface area contributed by atoms with Crippen LogP contribution in [-0.2, 0) is 27.2 Å². The van der Waals surface area contributed by atoms with Crippen molar-refractivity contribution in [2.75, 3.05) is 11.9 Å². The summed E-state index contributed by atoms with van der Waals surface area (Å²) < 4.78 is 20.4. The molecule has 2 heterocycles. The molecule has 210 valence electrons. The van der Waals surface area contributed by atoms with E-state index in [2.05, 4.69) is 27.9 Å². The van der Waals surface area contributed by atoms with Gasteiger partial charge >= 0.3 is 17.8 Å². The van der Waals surface area contributed by atoms with Crippen LogP contribution in [-0.4, -0.2) is 40.4 Å². The molecule has 0 spiro atoms. The number of ether oxygens (including phenoxy) is 1. The first-order chi connectivity index (χ1) is 19.8. The smallest absolute Gasteiger partial charge is 0.341 e. The Hall–Kier alpha value is -4.64. The van der Waals surface area contributed by atoms with Crippen LogP contribution < -0.4 is 10.7 Å². The van der Waals surface area contributed by atoms with Gasteiger partial charge in [-0.1, -0.05) is 25.1 Å². The summed E-state index contributed by atoms with van der Waals surface area (Å²) in [6.07, 6.45) is 5.52. The van der Waals surface area contributed by atoms with E-state index in [9.17, 15) is 18.8 Å². The van der Waals surface area contributed by atoms with E-state index in [-0.39, 0.29) is 12.4 Å². The molecular weight excluding hydrogens is 545 g/mol. The lowest BCUT2D eigenvalue weighted by atomic mass is 9.88. The summed E-state index contributed by atoms with van der Waals surface area (Å²) in [5.41, 5.74) is 5.92. The minimum Gasteiger partial charge on any atom is -0.462 e. The SMILES string of the molecule is CCOC(=O)c1c(NC(=O)C(=O)NN=Cc2cn(-c3ccccc3)nc2-c2ccc(F)cc2)sc2c1CCC(C)C2. The molecular formula is C30H28FN5O4S. The highest BCUT2D eigenvalue weighted by Crippen LogP contribution is 2.40. The number of thiophene rings is 1. The van der Waals surface area contributed by atoms with Crippen LogP contribution in [0.5, 0.6) is 0 Å². The second-order valence-electron chi connectivity index (χ2n) is 9.65. The fourth-order valence-corrected chi connectivity index (χ4v) is 6.05. The van der Waals surface area contributed by atoms with Crippen LogP contribution in [0.1, 0.15) is 46.6 Å². The Labute approximate surface area is 240 Å². The molecule has 2 N–H and O–H groups in total. The van der Waals surface area contributed by atoms with Gasteiger partial charge in [-0.3, -0.25) is 9.59 Å². The summed E-state index contributed by atoms with van der Waals surface area (Å²) >= 11 is 1.30. The lowest BCUT2D eigenvalue weighted by Crippen LogP contribution is -2.32. The largest absolute Gasteiger partial charge is 0.462 e. The third kappa shape index (κ3) is 6.25. The number of carbonyl (C=O) groups is 3. The molecule has 4 aromatic rings. The molecule has 5 rings (SSSR count). The normalized spacial score (nSPS) is 14.5. The van der Waals surface area contributed by atoms with E-state index >= 15 is 0 Å². The number of hydrogen-bond donors (Lipinski definition) is 2. The van der Waals surface area contributed by atoms with Gasteiger partial charge in [0.15, 0.2) is 0 Å². The van der Waals surface area contributed by atoms with Gasteiger partial charge in [0.05, 0.1) is 24.1 Å². The number of nitrogens with zero attached hydrogens (tertiary/aromatic N) is 3. The highest BCUT2D eigenvalue weighted by molar-refractivity contribution is 7.17. The quantitative estimate of drug-likeness (QED) is 0.138. The molecule has 1 unspecified atom stereocenters. The molecule has 0 saturated heterocycles. The molecule has 2 amide bonds. The fraction of sp³-hybridized carbons (Fsp3) is 0.233. The average Bonchev–Trinajstić information content (AvgIpc) is 3.55. The minimum atomic E-state index is -1.01. The van der Waals surface area contributed by atoms with Crippen molar-refractivity contribution < 1.29 is 23.5 Å². The van der Waals surface area contributed by atoms with Crippen LogP contribution >= 0.6 is 11.3 Å². The van der Waals surface area contributed by atoms with Crippen molar-refractivity contribution in [3.63, 3.8) is 0 Å². The van der Waals surface area contributed by atoms with E-state index in [4.69, 9.17) is 4.74 Å². The van der Waals surface area contributed by atoms with Gasteiger partial charge in [0.1, 0.15) is 16.5 Å². The molecule has 1 aliphatic rings. The zero-order valence-electron chi connectivity index (χ0n) is 22.5. The fourth-order valence-electron chi connectivity index (χ4n) is 4.66. The summed E-state index contributed by atoms with van der Waals surface area (Å²) in [6.45, 7) is 4.05. The zero-order valence-corrected chi connectivity index (χ0v) is 23.3. The first kappa shape index (κ1) is 27.9. The molecule has 1 aliphatic carbocycles. The molecule has 41 heavy (non-hydrogen) atoms. The number of esters is 1. The van der Waals surface area contributed by atoms with Crippen molar-refractivity contribution in [1.82, 2.24) is 15.2 Å². The molecule has 0 fully saturated rings. The second kappa shape index (κ2) is 12.3. The van der Waals surface area contributed by atoms with Crippen LogP contribution in [0.3, 0.4) is 0 Å². The first-order valence-corrected chi connectivity index (χ1v) is 14.0. The van der Waals surface area contributed by atoms with Gasteiger partial charge in [0.25, 0.3) is 0 Å². The summed E-state index contributed by atoms with van der Waals surface area (Å²) in [4.78, 5) is 39.2. The Bertz CT molecular complexity index is 1610. The van der Waals surface area contributed by atoms with Crippen LogP contribution in [0.15, 0.2) is 65.9 Å². The average molecular weight is 574 g/mol. The first-order valence-electron chi connectivity index (χ1n) is 13.2. The predicted octanol–water partition coefficient (Wildman–Crippen LogP) is 5.13. The number of halogens is 1. The van der Waals surface area contributed by atoms with Gasteiger partial charge in [-0.25, -0.2) is 19.3 Å². The lowest BCUT2D eigenvalue weighted by Gasteiger charge is -2.18.